The van der Waals surface area contributed by atoms with E-state index < -0.39 is 11.6 Å². The van der Waals surface area contributed by atoms with Gasteiger partial charge in [-0.05, 0) is 42.5 Å². The maximum absolute atomic E-state index is 13.4. The van der Waals surface area contributed by atoms with Gasteiger partial charge < -0.3 is 0 Å². The Morgan fingerprint density at radius 2 is 2.12 bits per heavy atom. The highest BCUT2D eigenvalue weighted by molar-refractivity contribution is 5.83. The van der Waals surface area contributed by atoms with E-state index in [1.807, 2.05) is 0 Å². The van der Waals surface area contributed by atoms with Gasteiger partial charge in [0.15, 0.2) is 0 Å². The molecule has 3 heteroatoms. The molecule has 0 saturated heterocycles. The highest BCUT2D eigenvalue weighted by atomic mass is 19.1. The first-order chi connectivity index (χ1) is 8.08. The van der Waals surface area contributed by atoms with Crippen molar-refractivity contribution in [2.24, 2.45) is 11.8 Å². The van der Waals surface area contributed by atoms with Gasteiger partial charge in [0.1, 0.15) is 17.4 Å². The van der Waals surface area contributed by atoms with E-state index in [1.165, 1.54) is 0 Å². The molecule has 2 atom stereocenters. The van der Waals surface area contributed by atoms with E-state index in [2.05, 4.69) is 6.92 Å². The van der Waals surface area contributed by atoms with Crippen molar-refractivity contribution in [3.8, 4) is 0 Å². The summed E-state index contributed by atoms with van der Waals surface area (Å²) in [5.41, 5.74) is 0.175. The fourth-order valence-electron chi connectivity index (χ4n) is 2.62. The summed E-state index contributed by atoms with van der Waals surface area (Å²) in [6, 6.07) is 3.27. The summed E-state index contributed by atoms with van der Waals surface area (Å²) in [5, 5.41) is 0. The van der Waals surface area contributed by atoms with Gasteiger partial charge in [0.2, 0.25) is 0 Å². The molecule has 1 fully saturated rings. The number of halogens is 2. The van der Waals surface area contributed by atoms with Crippen LogP contribution >= 0.6 is 0 Å². The molecule has 0 N–H and O–H groups in total. The Bertz CT molecular complexity index is 428. The van der Waals surface area contributed by atoms with Gasteiger partial charge >= 0.3 is 0 Å². The fourth-order valence-corrected chi connectivity index (χ4v) is 2.62. The minimum atomic E-state index is -0.495. The molecule has 1 aromatic rings. The Labute approximate surface area is 99.8 Å². The van der Waals surface area contributed by atoms with Gasteiger partial charge in [0.05, 0.1) is 0 Å². The number of benzene rings is 1. The lowest BCUT2D eigenvalue weighted by Crippen LogP contribution is -2.19. The molecule has 2 rings (SSSR count). The molecule has 0 aliphatic heterocycles. The summed E-state index contributed by atoms with van der Waals surface area (Å²) in [7, 11) is 0. The van der Waals surface area contributed by atoms with Gasteiger partial charge in [-0.2, -0.15) is 0 Å². The van der Waals surface area contributed by atoms with Crippen LogP contribution in [0.1, 0.15) is 31.7 Å². The highest BCUT2D eigenvalue weighted by Crippen LogP contribution is 2.32. The third kappa shape index (κ3) is 2.71. The maximum atomic E-state index is 13.4. The quantitative estimate of drug-likeness (QED) is 0.787. The molecule has 0 bridgehead atoms. The van der Waals surface area contributed by atoms with Crippen LogP contribution in [0.5, 0.6) is 0 Å². The van der Waals surface area contributed by atoms with Gasteiger partial charge in [0.25, 0.3) is 0 Å². The molecule has 1 aliphatic carbocycles. The Morgan fingerprint density at radius 3 is 2.76 bits per heavy atom. The number of carbonyl (C=O) groups excluding carboxylic acids is 1. The molecule has 0 radical (unpaired) electrons. The molecule has 2 unspecified atom stereocenters. The smallest absolute Gasteiger partial charge is 0.140 e. The van der Waals surface area contributed by atoms with Crippen molar-refractivity contribution < 1.29 is 13.6 Å². The van der Waals surface area contributed by atoms with Gasteiger partial charge in [-0.3, -0.25) is 4.79 Å². The van der Waals surface area contributed by atoms with Crippen LogP contribution in [0.3, 0.4) is 0 Å². The predicted molar refractivity (Wildman–Crippen MR) is 61.6 cm³/mol. The van der Waals surface area contributed by atoms with E-state index in [0.717, 1.165) is 37.5 Å². The Morgan fingerprint density at radius 1 is 1.35 bits per heavy atom. The number of hydrogen-bond donors (Lipinski definition) is 0. The normalized spacial score (nSPS) is 23.9. The van der Waals surface area contributed by atoms with Crippen LogP contribution < -0.4 is 0 Å². The molecule has 1 nitrogen and oxygen atoms in total. The van der Waals surface area contributed by atoms with Crippen LogP contribution in [0.15, 0.2) is 18.2 Å². The summed E-state index contributed by atoms with van der Waals surface area (Å²) in [6.07, 6.45) is 3.01. The second kappa shape index (κ2) is 4.94. The van der Waals surface area contributed by atoms with Crippen molar-refractivity contribution in [2.75, 3.05) is 0 Å². The first kappa shape index (κ1) is 12.2. The van der Waals surface area contributed by atoms with E-state index in [9.17, 15) is 13.6 Å². The molecule has 0 heterocycles. The number of ketones is 1. The molecular formula is C14H16F2O. The summed E-state index contributed by atoms with van der Waals surface area (Å²) in [6.45, 7) is 2.05. The summed E-state index contributed by atoms with van der Waals surface area (Å²) < 4.78 is 26.4. The zero-order chi connectivity index (χ0) is 12.4. The van der Waals surface area contributed by atoms with Crippen molar-refractivity contribution >= 4 is 5.78 Å². The van der Waals surface area contributed by atoms with E-state index in [1.54, 1.807) is 0 Å². The van der Waals surface area contributed by atoms with Crippen molar-refractivity contribution in [1.82, 2.24) is 0 Å². The maximum Gasteiger partial charge on any atom is 0.140 e. The van der Waals surface area contributed by atoms with Crippen LogP contribution in [-0.2, 0) is 11.2 Å². The first-order valence-corrected chi connectivity index (χ1v) is 6.04. The molecular weight excluding hydrogens is 222 g/mol. The summed E-state index contributed by atoms with van der Waals surface area (Å²) in [5.74, 6) is -0.546. The number of hydrogen-bond acceptors (Lipinski definition) is 1. The SMILES string of the molecule is CC1CCCC1C(=O)Cc1cc(F)ccc1F. The standard InChI is InChI=1S/C14H16F2O/c1-9-3-2-4-12(9)14(17)8-10-7-11(15)5-6-13(10)16/h5-7,9,12H,2-4,8H2,1H3. The third-order valence-electron chi connectivity index (χ3n) is 3.65. The Kier molecular flexibility index (Phi) is 3.55. The van der Waals surface area contributed by atoms with Crippen LogP contribution in [0.25, 0.3) is 0 Å². The number of rotatable bonds is 3. The largest absolute Gasteiger partial charge is 0.299 e. The van der Waals surface area contributed by atoms with E-state index >= 15 is 0 Å². The second-order valence-electron chi connectivity index (χ2n) is 4.89. The lowest BCUT2D eigenvalue weighted by atomic mass is 9.90. The monoisotopic (exact) mass is 238 g/mol. The Balaban J connectivity index is 2.10. The predicted octanol–water partition coefficient (Wildman–Crippen LogP) is 3.51. The van der Waals surface area contributed by atoms with Gasteiger partial charge in [-0.1, -0.05) is 13.3 Å². The van der Waals surface area contributed by atoms with Crippen LogP contribution in [0.2, 0.25) is 0 Å². The molecule has 1 aromatic carbocycles. The van der Waals surface area contributed by atoms with Crippen LogP contribution in [0.4, 0.5) is 8.78 Å². The average Bonchev–Trinajstić information content (AvgIpc) is 2.70. The Hall–Kier alpha value is -1.25. The van der Waals surface area contributed by atoms with E-state index in [4.69, 9.17) is 0 Å². The summed E-state index contributed by atoms with van der Waals surface area (Å²) in [4.78, 5) is 12.0. The second-order valence-corrected chi connectivity index (χ2v) is 4.89. The van der Waals surface area contributed by atoms with Gasteiger partial charge in [-0.15, -0.1) is 0 Å². The van der Waals surface area contributed by atoms with E-state index in [-0.39, 0.29) is 23.7 Å². The number of carbonyl (C=O) groups is 1. The first-order valence-electron chi connectivity index (χ1n) is 6.04. The molecule has 1 aliphatic rings. The van der Waals surface area contributed by atoms with Crippen LogP contribution in [0, 0.1) is 23.5 Å². The molecule has 0 amide bonds. The molecule has 17 heavy (non-hydrogen) atoms. The minimum absolute atomic E-state index is 0.0125. The lowest BCUT2D eigenvalue weighted by molar-refractivity contribution is -0.123. The van der Waals surface area contributed by atoms with Crippen LogP contribution in [-0.4, -0.2) is 5.78 Å². The molecule has 92 valence electrons. The highest BCUT2D eigenvalue weighted by Gasteiger charge is 2.29. The fraction of sp³-hybridized carbons (Fsp3) is 0.500. The average molecular weight is 238 g/mol. The molecule has 1 saturated carbocycles. The molecule has 0 spiro atoms. The van der Waals surface area contributed by atoms with Crippen molar-refractivity contribution in [2.45, 2.75) is 32.6 Å². The van der Waals surface area contributed by atoms with Gasteiger partial charge in [0, 0.05) is 12.3 Å². The lowest BCUT2D eigenvalue weighted by Gasteiger charge is -2.14. The number of Topliss-reactive ketones (excluding diaryl/α,β-unsaturated/α-hetero) is 1. The summed E-state index contributed by atoms with van der Waals surface area (Å²) >= 11 is 0. The minimum Gasteiger partial charge on any atom is -0.299 e. The van der Waals surface area contributed by atoms with Gasteiger partial charge in [-0.25, -0.2) is 8.78 Å². The molecule has 0 aromatic heterocycles. The zero-order valence-electron chi connectivity index (χ0n) is 9.88. The van der Waals surface area contributed by atoms with Crippen molar-refractivity contribution in [3.63, 3.8) is 0 Å². The zero-order valence-corrected chi connectivity index (χ0v) is 9.88. The topological polar surface area (TPSA) is 17.1 Å². The van der Waals surface area contributed by atoms with Crippen molar-refractivity contribution in [3.05, 3.63) is 35.4 Å². The van der Waals surface area contributed by atoms with E-state index in [0.29, 0.717) is 5.92 Å². The third-order valence-corrected chi connectivity index (χ3v) is 3.65. The van der Waals surface area contributed by atoms with Crippen molar-refractivity contribution in [1.29, 1.82) is 0 Å².